The summed E-state index contributed by atoms with van der Waals surface area (Å²) in [6.07, 6.45) is 2.49. The van der Waals surface area contributed by atoms with Gasteiger partial charge in [-0.15, -0.1) is 0 Å². The Balaban J connectivity index is 2.11. The van der Waals surface area contributed by atoms with Crippen LogP contribution in [0.5, 0.6) is 0 Å². The summed E-state index contributed by atoms with van der Waals surface area (Å²) in [5.74, 6) is -0.214. The number of rotatable bonds is 2. The number of hydrogen-bond acceptors (Lipinski definition) is 3. The first-order chi connectivity index (χ1) is 10.0. The number of aryl methyl sites for hydroxylation is 1. The second-order valence-corrected chi connectivity index (χ2v) is 6.01. The van der Waals surface area contributed by atoms with Crippen LogP contribution >= 0.6 is 0 Å². The van der Waals surface area contributed by atoms with Gasteiger partial charge in [-0.3, -0.25) is 4.98 Å². The molecule has 1 aromatic heterocycles. The molecule has 0 saturated carbocycles. The largest absolute Gasteiger partial charge is 0.478 e. The quantitative estimate of drug-likeness (QED) is 0.917. The normalized spacial score (nSPS) is 19.0. The molecule has 1 fully saturated rings. The number of benzene rings is 1. The highest BCUT2D eigenvalue weighted by Crippen LogP contribution is 2.30. The van der Waals surface area contributed by atoms with E-state index in [2.05, 4.69) is 22.9 Å². The van der Waals surface area contributed by atoms with E-state index in [0.29, 0.717) is 11.5 Å². The van der Waals surface area contributed by atoms with Crippen molar-refractivity contribution in [3.8, 4) is 0 Å². The number of piperidine rings is 1. The van der Waals surface area contributed by atoms with Gasteiger partial charge in [-0.2, -0.15) is 0 Å². The molecule has 1 aliphatic rings. The zero-order chi connectivity index (χ0) is 15.0. The topological polar surface area (TPSA) is 53.4 Å². The summed E-state index contributed by atoms with van der Waals surface area (Å²) in [6.45, 7) is 6.36. The molecule has 1 aliphatic heterocycles. The summed E-state index contributed by atoms with van der Waals surface area (Å²) in [4.78, 5) is 18.0. The molecule has 1 N–H and O–H groups in total. The monoisotopic (exact) mass is 284 g/mol. The molecule has 3 rings (SSSR count). The van der Waals surface area contributed by atoms with Crippen LogP contribution in [0.1, 0.15) is 35.8 Å². The maximum Gasteiger partial charge on any atom is 0.335 e. The number of hydrogen-bond donors (Lipinski definition) is 1. The highest BCUT2D eigenvalue weighted by Gasteiger charge is 2.19. The first kappa shape index (κ1) is 13.9. The van der Waals surface area contributed by atoms with Crippen molar-refractivity contribution < 1.29 is 9.90 Å². The SMILES string of the molecule is Cc1cc(N2CCC[C@H](C)C2)c2ccc(C(=O)O)cc2n1. The Morgan fingerprint density at radius 2 is 2.19 bits per heavy atom. The molecule has 1 atom stereocenters. The molecule has 0 amide bonds. The van der Waals surface area contributed by atoms with E-state index in [-0.39, 0.29) is 0 Å². The van der Waals surface area contributed by atoms with Crippen molar-refractivity contribution in [1.82, 2.24) is 4.98 Å². The summed E-state index contributed by atoms with van der Waals surface area (Å²) < 4.78 is 0. The van der Waals surface area contributed by atoms with E-state index in [9.17, 15) is 4.79 Å². The predicted octanol–water partition coefficient (Wildman–Crippen LogP) is 3.48. The highest BCUT2D eigenvalue weighted by atomic mass is 16.4. The number of pyridine rings is 1. The Kier molecular flexibility index (Phi) is 3.53. The van der Waals surface area contributed by atoms with Gasteiger partial charge in [0.2, 0.25) is 0 Å². The molecule has 0 bridgehead atoms. The van der Waals surface area contributed by atoms with Gasteiger partial charge in [-0.1, -0.05) is 6.92 Å². The van der Waals surface area contributed by atoms with Crippen LogP contribution in [-0.4, -0.2) is 29.1 Å². The van der Waals surface area contributed by atoms with E-state index in [1.807, 2.05) is 13.0 Å². The van der Waals surface area contributed by atoms with Crippen molar-refractivity contribution >= 4 is 22.6 Å². The number of fused-ring (bicyclic) bond motifs is 1. The van der Waals surface area contributed by atoms with Crippen LogP contribution in [0.15, 0.2) is 24.3 Å². The zero-order valence-electron chi connectivity index (χ0n) is 12.5. The van der Waals surface area contributed by atoms with Gasteiger partial charge in [-0.25, -0.2) is 4.79 Å². The van der Waals surface area contributed by atoms with Gasteiger partial charge < -0.3 is 10.0 Å². The lowest BCUT2D eigenvalue weighted by molar-refractivity contribution is 0.0697. The van der Waals surface area contributed by atoms with Gasteiger partial charge in [0.05, 0.1) is 11.1 Å². The summed E-state index contributed by atoms with van der Waals surface area (Å²) in [7, 11) is 0. The molecule has 0 radical (unpaired) electrons. The number of anilines is 1. The third-order valence-corrected chi connectivity index (χ3v) is 4.16. The summed E-state index contributed by atoms with van der Waals surface area (Å²) >= 11 is 0. The molecular weight excluding hydrogens is 264 g/mol. The molecule has 0 spiro atoms. The molecular formula is C17H20N2O2. The summed E-state index contributed by atoms with van der Waals surface area (Å²) in [6, 6.07) is 7.33. The third-order valence-electron chi connectivity index (χ3n) is 4.16. The van der Waals surface area contributed by atoms with Crippen LogP contribution in [-0.2, 0) is 0 Å². The molecule has 0 unspecified atom stereocenters. The maximum absolute atomic E-state index is 11.1. The van der Waals surface area contributed by atoms with Crippen molar-refractivity contribution in [1.29, 1.82) is 0 Å². The first-order valence-corrected chi connectivity index (χ1v) is 7.44. The van der Waals surface area contributed by atoms with Crippen LogP contribution in [0, 0.1) is 12.8 Å². The first-order valence-electron chi connectivity index (χ1n) is 7.44. The Morgan fingerprint density at radius 3 is 2.90 bits per heavy atom. The van der Waals surface area contributed by atoms with Gasteiger partial charge in [0.1, 0.15) is 0 Å². The van der Waals surface area contributed by atoms with E-state index >= 15 is 0 Å². The summed E-state index contributed by atoms with van der Waals surface area (Å²) in [5, 5.41) is 10.2. The molecule has 0 aliphatic carbocycles. The van der Waals surface area contributed by atoms with Crippen LogP contribution in [0.25, 0.3) is 10.9 Å². The molecule has 1 saturated heterocycles. The minimum Gasteiger partial charge on any atom is -0.478 e. The fourth-order valence-corrected chi connectivity index (χ4v) is 3.14. The van der Waals surface area contributed by atoms with E-state index < -0.39 is 5.97 Å². The van der Waals surface area contributed by atoms with E-state index in [0.717, 1.165) is 29.7 Å². The Bertz CT molecular complexity index is 696. The van der Waals surface area contributed by atoms with Gasteiger partial charge in [-0.05, 0) is 49.9 Å². The van der Waals surface area contributed by atoms with Crippen LogP contribution in [0.2, 0.25) is 0 Å². The number of aromatic nitrogens is 1. The van der Waals surface area contributed by atoms with E-state index in [1.54, 1.807) is 12.1 Å². The van der Waals surface area contributed by atoms with Crippen molar-refractivity contribution in [2.45, 2.75) is 26.7 Å². The van der Waals surface area contributed by atoms with Gasteiger partial charge >= 0.3 is 5.97 Å². The lowest BCUT2D eigenvalue weighted by atomic mass is 9.98. The third kappa shape index (κ3) is 2.71. The molecule has 4 nitrogen and oxygen atoms in total. The molecule has 2 aromatic rings. The Morgan fingerprint density at radius 1 is 1.38 bits per heavy atom. The zero-order valence-corrected chi connectivity index (χ0v) is 12.5. The fraction of sp³-hybridized carbons (Fsp3) is 0.412. The van der Waals surface area contributed by atoms with Crippen molar-refractivity contribution in [2.75, 3.05) is 18.0 Å². The Labute approximate surface area is 124 Å². The Hall–Kier alpha value is -2.10. The lowest BCUT2D eigenvalue weighted by Crippen LogP contribution is -2.34. The molecule has 2 heterocycles. The van der Waals surface area contributed by atoms with Crippen LogP contribution in [0.4, 0.5) is 5.69 Å². The van der Waals surface area contributed by atoms with E-state index in [1.165, 1.54) is 18.5 Å². The molecule has 1 aromatic carbocycles. The van der Waals surface area contributed by atoms with Gasteiger partial charge in [0.25, 0.3) is 0 Å². The second-order valence-electron chi connectivity index (χ2n) is 6.01. The predicted molar refractivity (Wildman–Crippen MR) is 84.1 cm³/mol. The lowest BCUT2D eigenvalue weighted by Gasteiger charge is -2.33. The molecule has 4 heteroatoms. The van der Waals surface area contributed by atoms with E-state index in [4.69, 9.17) is 5.11 Å². The molecule has 110 valence electrons. The van der Waals surface area contributed by atoms with Crippen LogP contribution < -0.4 is 4.90 Å². The number of aromatic carboxylic acids is 1. The number of nitrogens with zero attached hydrogens (tertiary/aromatic N) is 2. The fourth-order valence-electron chi connectivity index (χ4n) is 3.14. The van der Waals surface area contributed by atoms with Gasteiger partial charge in [0, 0.05) is 29.9 Å². The second kappa shape index (κ2) is 5.35. The highest BCUT2D eigenvalue weighted by molar-refractivity contribution is 5.97. The standard InChI is InChI=1S/C17H20N2O2/c1-11-4-3-7-19(10-11)16-8-12(2)18-15-9-13(17(20)21)5-6-14(15)16/h5-6,8-9,11H,3-4,7,10H2,1-2H3,(H,20,21)/t11-/m0/s1. The van der Waals surface area contributed by atoms with Gasteiger partial charge in [0.15, 0.2) is 0 Å². The minimum atomic E-state index is -0.909. The van der Waals surface area contributed by atoms with Crippen molar-refractivity contribution in [2.24, 2.45) is 5.92 Å². The van der Waals surface area contributed by atoms with Crippen molar-refractivity contribution in [3.05, 3.63) is 35.5 Å². The number of carboxylic acid groups (broad SMARTS) is 1. The number of carbonyl (C=O) groups is 1. The van der Waals surface area contributed by atoms with Crippen LogP contribution in [0.3, 0.4) is 0 Å². The maximum atomic E-state index is 11.1. The molecule has 21 heavy (non-hydrogen) atoms. The number of carboxylic acids is 1. The minimum absolute atomic E-state index is 0.290. The average molecular weight is 284 g/mol. The summed E-state index contributed by atoms with van der Waals surface area (Å²) in [5.41, 5.74) is 3.17. The van der Waals surface area contributed by atoms with Crippen molar-refractivity contribution in [3.63, 3.8) is 0 Å². The average Bonchev–Trinajstić information content (AvgIpc) is 2.45. The smallest absolute Gasteiger partial charge is 0.335 e.